The van der Waals surface area contributed by atoms with Gasteiger partial charge in [0.15, 0.2) is 0 Å². The molecule has 1 aliphatic rings. The highest BCUT2D eigenvalue weighted by Gasteiger charge is 2.12. The van der Waals surface area contributed by atoms with Crippen LogP contribution >= 0.6 is 0 Å². The van der Waals surface area contributed by atoms with Gasteiger partial charge in [-0.25, -0.2) is 4.39 Å². The molecule has 3 rings (SSSR count). The number of pyridine rings is 1. The molecule has 5 nitrogen and oxygen atoms in total. The maximum Gasteiger partial charge on any atom is 0.215 e. The lowest BCUT2D eigenvalue weighted by Gasteiger charge is -2.28. The van der Waals surface area contributed by atoms with Crippen LogP contribution in [0.4, 0.5) is 10.2 Å². The fraction of sp³-hybridized carbons (Fsp3) is 0.294. The number of nitrogens with one attached hydrogen (secondary N) is 1. The largest absolute Gasteiger partial charge is 0.473 e. The Balaban J connectivity index is 1.67. The van der Waals surface area contributed by atoms with E-state index in [0.717, 1.165) is 32.0 Å². The van der Waals surface area contributed by atoms with E-state index >= 15 is 0 Å². The van der Waals surface area contributed by atoms with Crippen molar-refractivity contribution in [3.8, 4) is 11.9 Å². The first-order valence-electron chi connectivity index (χ1n) is 7.50. The fourth-order valence-corrected chi connectivity index (χ4v) is 2.44. The molecule has 0 atom stereocenters. The summed E-state index contributed by atoms with van der Waals surface area (Å²) >= 11 is 0. The van der Waals surface area contributed by atoms with Crippen molar-refractivity contribution in [1.29, 1.82) is 5.26 Å². The van der Waals surface area contributed by atoms with Gasteiger partial charge in [0, 0.05) is 37.8 Å². The summed E-state index contributed by atoms with van der Waals surface area (Å²) in [7, 11) is 0. The van der Waals surface area contributed by atoms with Crippen LogP contribution in [0.25, 0.3) is 0 Å². The summed E-state index contributed by atoms with van der Waals surface area (Å²) in [5.74, 6) is 0.886. The average Bonchev–Trinajstić information content (AvgIpc) is 2.61. The van der Waals surface area contributed by atoms with Crippen LogP contribution in [-0.4, -0.2) is 31.2 Å². The number of aromatic nitrogens is 1. The number of ether oxygens (including phenoxy) is 1. The van der Waals surface area contributed by atoms with E-state index in [4.69, 9.17) is 10.00 Å². The van der Waals surface area contributed by atoms with Crippen LogP contribution in [0.2, 0.25) is 0 Å². The van der Waals surface area contributed by atoms with Gasteiger partial charge < -0.3 is 15.0 Å². The molecule has 0 amide bonds. The standard InChI is InChI=1S/C17H17FN4O/c18-15-10-13(11-19)4-5-14(15)12-23-17-3-1-2-16(21-17)22-8-6-20-7-9-22/h1-5,10,20H,6-9,12H2. The molecule has 1 aromatic heterocycles. The van der Waals surface area contributed by atoms with Gasteiger partial charge in [-0.3, -0.25) is 0 Å². The Morgan fingerprint density at radius 3 is 2.83 bits per heavy atom. The zero-order chi connectivity index (χ0) is 16.1. The third-order valence-corrected chi connectivity index (χ3v) is 3.71. The molecule has 0 bridgehead atoms. The van der Waals surface area contributed by atoms with Gasteiger partial charge in [0.1, 0.15) is 18.2 Å². The summed E-state index contributed by atoms with van der Waals surface area (Å²) in [6.07, 6.45) is 0. The van der Waals surface area contributed by atoms with Crippen LogP contribution in [0, 0.1) is 17.1 Å². The predicted molar refractivity (Wildman–Crippen MR) is 84.8 cm³/mol. The third-order valence-electron chi connectivity index (χ3n) is 3.71. The van der Waals surface area contributed by atoms with Crippen LogP contribution < -0.4 is 15.0 Å². The number of benzene rings is 1. The number of nitriles is 1. The normalized spacial score (nSPS) is 14.3. The first-order chi connectivity index (χ1) is 11.3. The van der Waals surface area contributed by atoms with E-state index in [1.165, 1.54) is 6.07 Å². The molecule has 0 unspecified atom stereocenters. The van der Waals surface area contributed by atoms with Gasteiger partial charge >= 0.3 is 0 Å². The van der Waals surface area contributed by atoms with Crippen LogP contribution in [0.3, 0.4) is 0 Å². The average molecular weight is 312 g/mol. The summed E-state index contributed by atoms with van der Waals surface area (Å²) in [4.78, 5) is 6.66. The van der Waals surface area contributed by atoms with Crippen molar-refractivity contribution >= 4 is 5.82 Å². The lowest BCUT2D eigenvalue weighted by Crippen LogP contribution is -2.43. The number of halogens is 1. The quantitative estimate of drug-likeness (QED) is 0.936. The molecule has 6 heteroatoms. The SMILES string of the molecule is N#Cc1ccc(COc2cccc(N3CCNCC3)n2)c(F)c1. The smallest absolute Gasteiger partial charge is 0.215 e. The van der Waals surface area contributed by atoms with Crippen molar-refractivity contribution in [2.24, 2.45) is 0 Å². The molecular formula is C17H17FN4O. The van der Waals surface area contributed by atoms with Gasteiger partial charge in [-0.2, -0.15) is 10.2 Å². The molecule has 1 saturated heterocycles. The van der Waals surface area contributed by atoms with Gasteiger partial charge in [0.2, 0.25) is 5.88 Å². The van der Waals surface area contributed by atoms with E-state index in [1.807, 2.05) is 18.2 Å². The van der Waals surface area contributed by atoms with Gasteiger partial charge in [-0.05, 0) is 18.2 Å². The second-order valence-electron chi connectivity index (χ2n) is 5.28. The van der Waals surface area contributed by atoms with Crippen molar-refractivity contribution < 1.29 is 9.13 Å². The molecule has 1 aromatic carbocycles. The van der Waals surface area contributed by atoms with Crippen molar-refractivity contribution in [2.45, 2.75) is 6.61 Å². The van der Waals surface area contributed by atoms with Gasteiger partial charge in [-0.1, -0.05) is 12.1 Å². The minimum absolute atomic E-state index is 0.0789. The summed E-state index contributed by atoms with van der Waals surface area (Å²) in [5, 5.41) is 12.0. The van der Waals surface area contributed by atoms with Crippen molar-refractivity contribution in [1.82, 2.24) is 10.3 Å². The number of rotatable bonds is 4. The van der Waals surface area contributed by atoms with Crippen LogP contribution in [0.1, 0.15) is 11.1 Å². The Hall–Kier alpha value is -2.65. The Kier molecular flexibility index (Phi) is 4.69. The van der Waals surface area contributed by atoms with E-state index in [0.29, 0.717) is 17.0 Å². The zero-order valence-electron chi connectivity index (χ0n) is 12.6. The van der Waals surface area contributed by atoms with E-state index < -0.39 is 5.82 Å². The highest BCUT2D eigenvalue weighted by Crippen LogP contribution is 2.18. The molecule has 1 aliphatic heterocycles. The molecule has 2 heterocycles. The Bertz CT molecular complexity index is 723. The molecule has 0 saturated carbocycles. The lowest BCUT2D eigenvalue weighted by atomic mass is 10.1. The highest BCUT2D eigenvalue weighted by atomic mass is 19.1. The zero-order valence-corrected chi connectivity index (χ0v) is 12.6. The minimum atomic E-state index is -0.442. The third kappa shape index (κ3) is 3.76. The maximum absolute atomic E-state index is 13.8. The minimum Gasteiger partial charge on any atom is -0.473 e. The topological polar surface area (TPSA) is 61.2 Å². The van der Waals surface area contributed by atoms with Gasteiger partial charge in [0.05, 0.1) is 11.6 Å². The molecule has 23 heavy (non-hydrogen) atoms. The molecule has 2 aromatic rings. The van der Waals surface area contributed by atoms with Crippen LogP contribution in [0.15, 0.2) is 36.4 Å². The molecule has 0 radical (unpaired) electrons. The van der Waals surface area contributed by atoms with Gasteiger partial charge in [0.25, 0.3) is 0 Å². The van der Waals surface area contributed by atoms with Crippen LogP contribution in [0.5, 0.6) is 5.88 Å². The molecule has 118 valence electrons. The Labute approximate surface area is 134 Å². The summed E-state index contributed by atoms with van der Waals surface area (Å²) in [5.41, 5.74) is 0.698. The summed E-state index contributed by atoms with van der Waals surface area (Å²) in [6.45, 7) is 3.75. The number of hydrogen-bond acceptors (Lipinski definition) is 5. The van der Waals surface area contributed by atoms with E-state index in [1.54, 1.807) is 18.2 Å². The van der Waals surface area contributed by atoms with E-state index in [9.17, 15) is 4.39 Å². The monoisotopic (exact) mass is 312 g/mol. The second kappa shape index (κ2) is 7.07. The number of nitrogens with zero attached hydrogens (tertiary/aromatic N) is 3. The summed E-state index contributed by atoms with van der Waals surface area (Å²) < 4.78 is 19.4. The van der Waals surface area contributed by atoms with E-state index in [-0.39, 0.29) is 6.61 Å². The van der Waals surface area contributed by atoms with Gasteiger partial charge in [-0.15, -0.1) is 0 Å². The lowest BCUT2D eigenvalue weighted by molar-refractivity contribution is 0.288. The molecular weight excluding hydrogens is 295 g/mol. The first-order valence-corrected chi connectivity index (χ1v) is 7.50. The summed E-state index contributed by atoms with van der Waals surface area (Å²) in [6, 6.07) is 11.8. The maximum atomic E-state index is 13.8. The molecule has 0 spiro atoms. The number of hydrogen-bond donors (Lipinski definition) is 1. The molecule has 1 fully saturated rings. The van der Waals surface area contributed by atoms with Crippen molar-refractivity contribution in [3.05, 3.63) is 53.3 Å². The second-order valence-corrected chi connectivity index (χ2v) is 5.28. The van der Waals surface area contributed by atoms with E-state index in [2.05, 4.69) is 15.2 Å². The Morgan fingerprint density at radius 2 is 2.09 bits per heavy atom. The van der Waals surface area contributed by atoms with Crippen LogP contribution in [-0.2, 0) is 6.61 Å². The molecule has 1 N–H and O–H groups in total. The molecule has 0 aliphatic carbocycles. The van der Waals surface area contributed by atoms with Crippen molar-refractivity contribution in [2.75, 3.05) is 31.1 Å². The predicted octanol–water partition coefficient (Wildman–Crippen LogP) is 2.08. The fourth-order valence-electron chi connectivity index (χ4n) is 2.44. The Morgan fingerprint density at radius 1 is 1.26 bits per heavy atom. The highest BCUT2D eigenvalue weighted by molar-refractivity contribution is 5.41. The number of anilines is 1. The number of piperazine rings is 1. The first kappa shape index (κ1) is 15.3. The van der Waals surface area contributed by atoms with Crippen molar-refractivity contribution in [3.63, 3.8) is 0 Å².